The molecule has 2 aliphatic heterocycles. The van der Waals surface area contributed by atoms with Gasteiger partial charge >= 0.3 is 0 Å². The largest absolute Gasteiger partial charge is 0.372 e. The Kier molecular flexibility index (Phi) is 4.81. The zero-order chi connectivity index (χ0) is 16.4. The first kappa shape index (κ1) is 16.0. The molecule has 24 heavy (non-hydrogen) atoms. The first-order chi connectivity index (χ1) is 11.8. The molecular formula is C19H26N2O3. The lowest BCUT2D eigenvalue weighted by atomic mass is 9.99. The molecule has 0 radical (unpaired) electrons. The number of pyridine rings is 1. The first-order valence-corrected chi connectivity index (χ1v) is 9.22. The quantitative estimate of drug-likeness (QED) is 0.804. The van der Waals surface area contributed by atoms with E-state index in [-0.39, 0.29) is 12.2 Å². The number of hydrogen-bond donors (Lipinski definition) is 0. The monoisotopic (exact) mass is 330 g/mol. The third-order valence-corrected chi connectivity index (χ3v) is 5.40. The molecule has 0 unspecified atom stereocenters. The fourth-order valence-corrected chi connectivity index (χ4v) is 3.89. The summed E-state index contributed by atoms with van der Waals surface area (Å²) in [5.74, 6) is 1.01. The number of fused-ring (bicyclic) bond motifs is 1. The van der Waals surface area contributed by atoms with Gasteiger partial charge in [-0.15, -0.1) is 0 Å². The number of carbonyl (C=O) groups is 1. The number of ether oxygens (including phenoxy) is 2. The first-order valence-electron chi connectivity index (χ1n) is 9.22. The maximum atomic E-state index is 12.4. The molecule has 0 spiro atoms. The highest BCUT2D eigenvalue weighted by Gasteiger charge is 2.42. The summed E-state index contributed by atoms with van der Waals surface area (Å²) in [5, 5.41) is 0. The Morgan fingerprint density at radius 1 is 1.25 bits per heavy atom. The summed E-state index contributed by atoms with van der Waals surface area (Å²) in [6.07, 6.45) is 8.33. The van der Waals surface area contributed by atoms with Crippen LogP contribution in [0.3, 0.4) is 0 Å². The summed E-state index contributed by atoms with van der Waals surface area (Å²) in [6.45, 7) is 2.00. The second-order valence-electron chi connectivity index (χ2n) is 7.30. The molecule has 3 fully saturated rings. The molecule has 3 aliphatic rings. The number of likely N-dealkylation sites (tertiary alicyclic amines) is 1. The minimum Gasteiger partial charge on any atom is -0.372 e. The van der Waals surface area contributed by atoms with Crippen LogP contribution in [-0.4, -0.2) is 47.2 Å². The molecular weight excluding hydrogens is 304 g/mol. The van der Waals surface area contributed by atoms with Crippen molar-refractivity contribution >= 4 is 5.91 Å². The van der Waals surface area contributed by atoms with Gasteiger partial charge in [0, 0.05) is 19.2 Å². The zero-order valence-corrected chi connectivity index (χ0v) is 14.1. The molecule has 1 aromatic rings. The second-order valence-corrected chi connectivity index (χ2v) is 7.30. The molecule has 1 amide bonds. The van der Waals surface area contributed by atoms with E-state index in [9.17, 15) is 4.79 Å². The van der Waals surface area contributed by atoms with Gasteiger partial charge in [0.1, 0.15) is 0 Å². The lowest BCUT2D eigenvalue weighted by Crippen LogP contribution is -2.46. The predicted molar refractivity (Wildman–Crippen MR) is 89.2 cm³/mol. The maximum absolute atomic E-state index is 12.4. The van der Waals surface area contributed by atoms with Gasteiger partial charge in [-0.3, -0.25) is 9.78 Å². The van der Waals surface area contributed by atoms with E-state index in [1.54, 1.807) is 6.20 Å². The van der Waals surface area contributed by atoms with Crippen molar-refractivity contribution in [1.29, 1.82) is 0 Å². The van der Waals surface area contributed by atoms with E-state index in [1.165, 1.54) is 12.8 Å². The molecule has 3 atom stereocenters. The van der Waals surface area contributed by atoms with E-state index in [1.807, 2.05) is 18.2 Å². The van der Waals surface area contributed by atoms with Gasteiger partial charge in [0.25, 0.3) is 0 Å². The normalized spacial score (nSPS) is 29.5. The van der Waals surface area contributed by atoms with Crippen LogP contribution in [0.2, 0.25) is 0 Å². The van der Waals surface area contributed by atoms with E-state index in [0.717, 1.165) is 37.9 Å². The Bertz CT molecular complexity index is 561. The van der Waals surface area contributed by atoms with Crippen molar-refractivity contribution in [3.63, 3.8) is 0 Å². The average Bonchev–Trinajstić information content (AvgIpc) is 3.32. The van der Waals surface area contributed by atoms with Crippen molar-refractivity contribution in [2.45, 2.75) is 63.4 Å². The number of hydrogen-bond acceptors (Lipinski definition) is 4. The second kappa shape index (κ2) is 7.19. The van der Waals surface area contributed by atoms with Gasteiger partial charge in [-0.25, -0.2) is 0 Å². The summed E-state index contributed by atoms with van der Waals surface area (Å²) in [5.41, 5.74) is 0.948. The van der Waals surface area contributed by atoms with Crippen molar-refractivity contribution in [3.8, 4) is 0 Å². The minimum absolute atomic E-state index is 0.147. The third-order valence-electron chi connectivity index (χ3n) is 5.40. The van der Waals surface area contributed by atoms with Gasteiger partial charge in [-0.05, 0) is 50.2 Å². The Hall–Kier alpha value is -1.46. The summed E-state index contributed by atoms with van der Waals surface area (Å²) in [4.78, 5) is 18.8. The van der Waals surface area contributed by atoms with Crippen molar-refractivity contribution in [2.24, 2.45) is 5.92 Å². The molecule has 130 valence electrons. The summed E-state index contributed by atoms with van der Waals surface area (Å²) >= 11 is 0. The molecule has 1 saturated carbocycles. The van der Waals surface area contributed by atoms with Crippen molar-refractivity contribution in [3.05, 3.63) is 30.1 Å². The molecule has 0 bridgehead atoms. The van der Waals surface area contributed by atoms with Gasteiger partial charge in [0.05, 0.1) is 37.2 Å². The number of nitrogens with zero attached hydrogens (tertiary/aromatic N) is 2. The van der Waals surface area contributed by atoms with Crippen molar-refractivity contribution in [2.75, 3.05) is 13.2 Å². The Labute approximate surface area is 143 Å². The fourth-order valence-electron chi connectivity index (χ4n) is 3.89. The van der Waals surface area contributed by atoms with Crippen LogP contribution in [0.5, 0.6) is 0 Å². The molecule has 2 saturated heterocycles. The molecule has 3 heterocycles. The zero-order valence-electron chi connectivity index (χ0n) is 14.1. The molecule has 5 nitrogen and oxygen atoms in total. The van der Waals surface area contributed by atoms with Crippen LogP contribution in [0.25, 0.3) is 0 Å². The summed E-state index contributed by atoms with van der Waals surface area (Å²) in [7, 11) is 0. The topological polar surface area (TPSA) is 51.7 Å². The van der Waals surface area contributed by atoms with E-state index in [0.29, 0.717) is 31.1 Å². The van der Waals surface area contributed by atoms with Gasteiger partial charge in [0.2, 0.25) is 5.91 Å². The third kappa shape index (κ3) is 3.78. The number of aromatic nitrogens is 1. The SMILES string of the molecule is O=C(CC1CC1)N1CC[C@@H]2O[C@@H](COCc3ccccn3)CC[C@@H]21. The smallest absolute Gasteiger partial charge is 0.223 e. The molecule has 1 aromatic heterocycles. The number of carbonyl (C=O) groups excluding carboxylic acids is 1. The van der Waals surface area contributed by atoms with Gasteiger partial charge in [-0.1, -0.05) is 6.07 Å². The van der Waals surface area contributed by atoms with Gasteiger partial charge in [0.15, 0.2) is 0 Å². The van der Waals surface area contributed by atoms with Crippen LogP contribution < -0.4 is 0 Å². The number of rotatable bonds is 6. The van der Waals surface area contributed by atoms with Gasteiger partial charge in [-0.2, -0.15) is 0 Å². The van der Waals surface area contributed by atoms with E-state index in [2.05, 4.69) is 9.88 Å². The van der Waals surface area contributed by atoms with Crippen LogP contribution in [0.1, 0.15) is 44.2 Å². The molecule has 5 heteroatoms. The Morgan fingerprint density at radius 3 is 2.96 bits per heavy atom. The molecule has 1 aliphatic carbocycles. The Balaban J connectivity index is 1.22. The summed E-state index contributed by atoms with van der Waals surface area (Å²) < 4.78 is 12.0. The lowest BCUT2D eigenvalue weighted by molar-refractivity contribution is -0.139. The van der Waals surface area contributed by atoms with Crippen LogP contribution in [0.4, 0.5) is 0 Å². The van der Waals surface area contributed by atoms with Crippen molar-refractivity contribution < 1.29 is 14.3 Å². The van der Waals surface area contributed by atoms with Crippen LogP contribution in [-0.2, 0) is 20.9 Å². The van der Waals surface area contributed by atoms with E-state index >= 15 is 0 Å². The maximum Gasteiger partial charge on any atom is 0.223 e. The highest BCUT2D eigenvalue weighted by Crippen LogP contribution is 2.36. The molecule has 0 aromatic carbocycles. The van der Waals surface area contributed by atoms with Crippen molar-refractivity contribution in [1.82, 2.24) is 9.88 Å². The van der Waals surface area contributed by atoms with E-state index < -0.39 is 0 Å². The number of amides is 1. The Morgan fingerprint density at radius 2 is 2.17 bits per heavy atom. The standard InChI is InChI=1S/C19H26N2O3/c22-19(11-14-4-5-14)21-10-8-18-17(21)7-6-16(24-18)13-23-12-15-3-1-2-9-20-15/h1-3,9,14,16-18H,4-8,10-13H2/t16-,17+,18+/m1/s1. The van der Waals surface area contributed by atoms with Gasteiger partial charge < -0.3 is 14.4 Å². The molecule has 4 rings (SSSR count). The highest BCUT2D eigenvalue weighted by atomic mass is 16.5. The minimum atomic E-state index is 0.147. The van der Waals surface area contributed by atoms with Crippen LogP contribution in [0.15, 0.2) is 24.4 Å². The average molecular weight is 330 g/mol. The lowest BCUT2D eigenvalue weighted by Gasteiger charge is -2.36. The highest BCUT2D eigenvalue weighted by molar-refractivity contribution is 5.77. The fraction of sp³-hybridized carbons (Fsp3) is 0.684. The molecule has 0 N–H and O–H groups in total. The van der Waals surface area contributed by atoms with Crippen LogP contribution >= 0.6 is 0 Å². The predicted octanol–water partition coefficient (Wildman–Crippen LogP) is 2.55. The van der Waals surface area contributed by atoms with E-state index in [4.69, 9.17) is 9.47 Å². The summed E-state index contributed by atoms with van der Waals surface area (Å²) in [6, 6.07) is 6.14. The van der Waals surface area contributed by atoms with Crippen LogP contribution in [0, 0.1) is 5.92 Å².